The van der Waals surface area contributed by atoms with Gasteiger partial charge in [-0.25, -0.2) is 8.42 Å². The van der Waals surface area contributed by atoms with Crippen molar-refractivity contribution in [3.63, 3.8) is 0 Å². The van der Waals surface area contributed by atoms with Crippen LogP contribution in [0.15, 0.2) is 41.3 Å². The van der Waals surface area contributed by atoms with Crippen molar-refractivity contribution in [2.75, 3.05) is 4.72 Å². The fraction of sp³-hybridized carbons (Fsp3) is 0. The second kappa shape index (κ2) is 5.42. The summed E-state index contributed by atoms with van der Waals surface area (Å²) >= 11 is 12.8. The molecule has 5 nitrogen and oxygen atoms in total. The number of sulfonamides is 1. The number of halogens is 2. The zero-order chi connectivity index (χ0) is 15.0. The first-order chi connectivity index (χ1) is 9.95. The van der Waals surface area contributed by atoms with E-state index in [1.165, 1.54) is 18.2 Å². The highest BCUT2D eigenvalue weighted by Gasteiger charge is 2.19. The van der Waals surface area contributed by atoms with Gasteiger partial charge in [-0.3, -0.25) is 4.72 Å². The molecule has 0 saturated heterocycles. The molecular weight excluding hydrogens is 353 g/mol. The van der Waals surface area contributed by atoms with Crippen molar-refractivity contribution in [1.29, 1.82) is 0 Å². The summed E-state index contributed by atoms with van der Waals surface area (Å²) in [5, 5.41) is 0.391. The van der Waals surface area contributed by atoms with Gasteiger partial charge in [-0.15, -0.1) is 0 Å². The van der Waals surface area contributed by atoms with Crippen molar-refractivity contribution in [1.82, 2.24) is 8.75 Å². The Balaban J connectivity index is 2.00. The van der Waals surface area contributed by atoms with Crippen LogP contribution in [0.25, 0.3) is 11.0 Å². The van der Waals surface area contributed by atoms with Crippen molar-refractivity contribution < 1.29 is 8.42 Å². The number of fused-ring (bicyclic) bond motifs is 1. The third-order valence-electron chi connectivity index (χ3n) is 2.69. The van der Waals surface area contributed by atoms with Crippen LogP contribution in [0, 0.1) is 0 Å². The standard InChI is InChI=1S/C12H7Cl2N3O2S2/c13-7-1-3-9(14)12(5-7)21(18,19)17-8-2-4-10-11(6-8)16-20-15-10/h1-6,17H. The molecule has 1 aromatic heterocycles. The Kier molecular flexibility index (Phi) is 3.75. The van der Waals surface area contributed by atoms with E-state index in [0.717, 1.165) is 11.7 Å². The van der Waals surface area contributed by atoms with Gasteiger partial charge in [0, 0.05) is 5.02 Å². The maximum absolute atomic E-state index is 12.4. The van der Waals surface area contributed by atoms with Crippen molar-refractivity contribution in [2.24, 2.45) is 0 Å². The van der Waals surface area contributed by atoms with Crippen LogP contribution in [0.5, 0.6) is 0 Å². The monoisotopic (exact) mass is 359 g/mol. The molecule has 0 aliphatic heterocycles. The molecule has 0 bridgehead atoms. The van der Waals surface area contributed by atoms with E-state index < -0.39 is 10.0 Å². The molecule has 1 N–H and O–H groups in total. The molecule has 1 heterocycles. The van der Waals surface area contributed by atoms with Crippen LogP contribution >= 0.6 is 34.9 Å². The lowest BCUT2D eigenvalue weighted by atomic mass is 10.3. The molecule has 0 spiro atoms. The van der Waals surface area contributed by atoms with Gasteiger partial charge in [0.1, 0.15) is 15.9 Å². The van der Waals surface area contributed by atoms with E-state index in [4.69, 9.17) is 23.2 Å². The average molecular weight is 360 g/mol. The summed E-state index contributed by atoms with van der Waals surface area (Å²) in [6.07, 6.45) is 0. The number of nitrogens with one attached hydrogen (secondary N) is 1. The van der Waals surface area contributed by atoms with E-state index >= 15 is 0 Å². The van der Waals surface area contributed by atoms with Crippen molar-refractivity contribution in [3.05, 3.63) is 46.4 Å². The van der Waals surface area contributed by atoms with Gasteiger partial charge in [-0.2, -0.15) is 8.75 Å². The van der Waals surface area contributed by atoms with E-state index in [2.05, 4.69) is 13.5 Å². The number of aromatic nitrogens is 2. The Hall–Kier alpha value is -1.41. The van der Waals surface area contributed by atoms with Gasteiger partial charge in [0.05, 0.1) is 22.4 Å². The van der Waals surface area contributed by atoms with E-state index in [0.29, 0.717) is 21.7 Å². The highest BCUT2D eigenvalue weighted by Crippen LogP contribution is 2.27. The quantitative estimate of drug-likeness (QED) is 0.771. The Morgan fingerprint density at radius 2 is 1.76 bits per heavy atom. The molecule has 21 heavy (non-hydrogen) atoms. The van der Waals surface area contributed by atoms with Gasteiger partial charge in [0.2, 0.25) is 0 Å². The highest BCUT2D eigenvalue weighted by atomic mass is 35.5. The summed E-state index contributed by atoms with van der Waals surface area (Å²) in [6, 6.07) is 9.17. The maximum Gasteiger partial charge on any atom is 0.263 e. The molecule has 3 rings (SSSR count). The van der Waals surface area contributed by atoms with E-state index in [1.54, 1.807) is 18.2 Å². The normalized spacial score (nSPS) is 11.7. The molecule has 0 aliphatic carbocycles. The van der Waals surface area contributed by atoms with Gasteiger partial charge in [0.15, 0.2) is 0 Å². The van der Waals surface area contributed by atoms with Crippen LogP contribution in [-0.2, 0) is 10.0 Å². The minimum atomic E-state index is -3.83. The molecule has 0 radical (unpaired) electrons. The SMILES string of the molecule is O=S(=O)(Nc1ccc2nsnc2c1)c1cc(Cl)ccc1Cl. The lowest BCUT2D eigenvalue weighted by Crippen LogP contribution is -2.13. The van der Waals surface area contributed by atoms with Crippen molar-refractivity contribution in [3.8, 4) is 0 Å². The van der Waals surface area contributed by atoms with Gasteiger partial charge in [-0.1, -0.05) is 23.2 Å². The number of rotatable bonds is 3. The van der Waals surface area contributed by atoms with Gasteiger partial charge >= 0.3 is 0 Å². The fourth-order valence-corrected chi connectivity index (χ4v) is 4.07. The molecule has 0 saturated carbocycles. The van der Waals surface area contributed by atoms with Crippen LogP contribution in [0.3, 0.4) is 0 Å². The molecule has 0 aliphatic rings. The number of nitrogens with zero attached hydrogens (tertiary/aromatic N) is 2. The first kappa shape index (κ1) is 14.5. The zero-order valence-electron chi connectivity index (χ0n) is 10.2. The summed E-state index contributed by atoms with van der Waals surface area (Å²) in [5.41, 5.74) is 1.72. The maximum atomic E-state index is 12.4. The number of hydrogen-bond acceptors (Lipinski definition) is 5. The molecule has 108 valence electrons. The second-order valence-corrected chi connectivity index (χ2v) is 7.17. The van der Waals surface area contributed by atoms with E-state index in [9.17, 15) is 8.42 Å². The first-order valence-electron chi connectivity index (χ1n) is 5.66. The minimum Gasteiger partial charge on any atom is -0.280 e. The third-order valence-corrected chi connectivity index (χ3v) is 5.34. The summed E-state index contributed by atoms with van der Waals surface area (Å²) in [5.74, 6) is 0. The zero-order valence-corrected chi connectivity index (χ0v) is 13.4. The molecule has 0 amide bonds. The predicted octanol–water partition coefficient (Wildman–Crippen LogP) is 3.80. The van der Waals surface area contributed by atoms with Crippen LogP contribution in [0.4, 0.5) is 5.69 Å². The van der Waals surface area contributed by atoms with Crippen LogP contribution in [-0.4, -0.2) is 17.2 Å². The smallest absolute Gasteiger partial charge is 0.263 e. The van der Waals surface area contributed by atoms with Crippen LogP contribution < -0.4 is 4.72 Å². The van der Waals surface area contributed by atoms with Crippen LogP contribution in [0.1, 0.15) is 0 Å². The molecule has 2 aromatic carbocycles. The van der Waals surface area contributed by atoms with Crippen molar-refractivity contribution in [2.45, 2.75) is 4.90 Å². The lowest BCUT2D eigenvalue weighted by Gasteiger charge is -2.09. The summed E-state index contributed by atoms with van der Waals surface area (Å²) in [7, 11) is -3.83. The number of benzene rings is 2. The van der Waals surface area contributed by atoms with Gasteiger partial charge in [-0.05, 0) is 36.4 Å². The predicted molar refractivity (Wildman–Crippen MR) is 84.7 cm³/mol. The largest absolute Gasteiger partial charge is 0.280 e. The molecular formula is C12H7Cl2N3O2S2. The highest BCUT2D eigenvalue weighted by molar-refractivity contribution is 7.92. The third kappa shape index (κ3) is 2.96. The van der Waals surface area contributed by atoms with E-state index in [-0.39, 0.29) is 9.92 Å². The Bertz CT molecular complexity index is 925. The second-order valence-electron chi connectivity index (χ2n) is 4.15. The molecule has 0 fully saturated rings. The Morgan fingerprint density at radius 3 is 2.57 bits per heavy atom. The number of hydrogen-bond donors (Lipinski definition) is 1. The molecule has 0 atom stereocenters. The average Bonchev–Trinajstić information content (AvgIpc) is 2.88. The lowest BCUT2D eigenvalue weighted by molar-refractivity contribution is 0.601. The fourth-order valence-electron chi connectivity index (χ4n) is 1.74. The van der Waals surface area contributed by atoms with Gasteiger partial charge < -0.3 is 0 Å². The molecule has 9 heteroatoms. The van der Waals surface area contributed by atoms with E-state index in [1.807, 2.05) is 0 Å². The summed E-state index contributed by atoms with van der Waals surface area (Å²) in [4.78, 5) is -0.0758. The first-order valence-corrected chi connectivity index (χ1v) is 8.63. The van der Waals surface area contributed by atoms with Crippen LogP contribution in [0.2, 0.25) is 10.0 Å². The Labute approximate surface area is 134 Å². The summed E-state index contributed by atoms with van der Waals surface area (Å²) < 4.78 is 35.3. The molecule has 0 unspecified atom stereocenters. The van der Waals surface area contributed by atoms with Crippen molar-refractivity contribution >= 4 is 61.7 Å². The molecule has 3 aromatic rings. The Morgan fingerprint density at radius 1 is 1.00 bits per heavy atom. The van der Waals surface area contributed by atoms with Gasteiger partial charge in [0.25, 0.3) is 10.0 Å². The minimum absolute atomic E-state index is 0.0758. The number of anilines is 1. The topological polar surface area (TPSA) is 72.0 Å². The summed E-state index contributed by atoms with van der Waals surface area (Å²) in [6.45, 7) is 0.